The first-order chi connectivity index (χ1) is 23.3. The molecule has 49 heavy (non-hydrogen) atoms. The summed E-state index contributed by atoms with van der Waals surface area (Å²) in [6.45, 7) is -2.70. The van der Waals surface area contributed by atoms with Gasteiger partial charge in [-0.3, -0.25) is 0 Å². The lowest BCUT2D eigenvalue weighted by Crippen LogP contribution is -2.21. The maximum absolute atomic E-state index is 11.0. The van der Waals surface area contributed by atoms with Gasteiger partial charge in [0.15, 0.2) is 12.4 Å². The van der Waals surface area contributed by atoms with E-state index in [9.17, 15) is 44.0 Å². The van der Waals surface area contributed by atoms with Crippen LogP contribution in [0.25, 0.3) is 10.8 Å². The van der Waals surface area contributed by atoms with E-state index in [0.717, 1.165) is 0 Å². The normalized spacial score (nSPS) is 13.5. The molecule has 4 aromatic rings. The number of aromatic hydroxyl groups is 1. The minimum atomic E-state index is -4.45. The molecule has 0 spiro atoms. The number of anilines is 1. The molecule has 0 aliphatic rings. The van der Waals surface area contributed by atoms with E-state index in [0.29, 0.717) is 11.1 Å². The van der Waals surface area contributed by atoms with Gasteiger partial charge in [0.2, 0.25) is 0 Å². The smallest absolute Gasteiger partial charge is 0.341 e. The number of carboxylic acids is 1. The van der Waals surface area contributed by atoms with Crippen LogP contribution in [0, 0.1) is 0 Å². The van der Waals surface area contributed by atoms with E-state index in [1.165, 1.54) is 60.7 Å². The summed E-state index contributed by atoms with van der Waals surface area (Å²) in [5, 5.41) is 75.0. The topological polar surface area (TPSA) is 302 Å². The van der Waals surface area contributed by atoms with Crippen molar-refractivity contribution in [2.45, 2.75) is 17.1 Å². The fourth-order valence-corrected chi connectivity index (χ4v) is 4.72. The van der Waals surface area contributed by atoms with Crippen molar-refractivity contribution in [2.24, 2.45) is 20.5 Å². The predicted molar refractivity (Wildman–Crippen MR) is 175 cm³/mol. The van der Waals surface area contributed by atoms with E-state index in [1.54, 1.807) is 0 Å². The van der Waals surface area contributed by atoms with E-state index in [-0.39, 0.29) is 39.7 Å². The molecule has 4 aromatic carbocycles. The largest absolute Gasteiger partial charge is 0.505 e. The first-order valence-corrected chi connectivity index (χ1v) is 15.6. The third-order valence-electron chi connectivity index (χ3n) is 6.43. The lowest BCUT2D eigenvalue weighted by atomic mass is 10.1. The molecule has 0 saturated carbocycles. The number of hydrogen-bond donors (Lipinski definition) is 10. The van der Waals surface area contributed by atoms with E-state index < -0.39 is 78.4 Å². The molecule has 0 fully saturated rings. The molecule has 18 nitrogen and oxygen atoms in total. The number of aliphatic hydroxyl groups is 4. The Hall–Kier alpha value is -5.12. The van der Waals surface area contributed by atoms with Gasteiger partial charge < -0.3 is 64.2 Å². The van der Waals surface area contributed by atoms with Crippen molar-refractivity contribution in [3.8, 4) is 23.0 Å². The zero-order valence-corrected chi connectivity index (χ0v) is 26.2. The average Bonchev–Trinajstić information content (AvgIpc) is 3.07. The molecule has 262 valence electrons. The number of carboxylic acid groups (broad SMARTS) is 1. The van der Waals surface area contributed by atoms with Crippen LogP contribution in [0.1, 0.15) is 0 Å². The van der Waals surface area contributed by atoms with Gasteiger partial charge in [-0.25, -0.2) is 4.79 Å². The number of fused-ring (bicyclic) bond motifs is 1. The Morgan fingerprint density at radius 1 is 0.776 bits per heavy atom. The Morgan fingerprint density at radius 3 is 1.88 bits per heavy atom. The second kappa shape index (κ2) is 16.3. The number of nitrogens with zero attached hydrogens (tertiary/aromatic N) is 4. The van der Waals surface area contributed by atoms with Gasteiger partial charge in [0.1, 0.15) is 70.6 Å². The Balaban J connectivity index is 1.81. The molecule has 0 aromatic heterocycles. The standard InChI is InChI=1S/C30H33N5O13S/c31-17-2-1-16-7-27(49(43,44)45)29(30(42)22(16)8-17)35-34-24-10-25(47-13-19(38)11-36)23(9-26(24)48-14-20(39)12-37)33-32-18-3-5-21(6-4-18)46-15-28(40)41/h1-10,19-20,36-39,42-45H,11-15,31H2,(H,40,41). The summed E-state index contributed by atoms with van der Waals surface area (Å²) in [5.41, 5.74) is 5.71. The number of rotatable bonds is 16. The van der Waals surface area contributed by atoms with Crippen LogP contribution in [0.4, 0.5) is 28.4 Å². The number of aliphatic carboxylic acids is 1. The number of hydrogen-bond acceptors (Lipinski definition) is 17. The number of ether oxygens (including phenoxy) is 3. The first kappa shape index (κ1) is 36.7. The van der Waals surface area contributed by atoms with Crippen LogP contribution in [0.3, 0.4) is 0 Å². The van der Waals surface area contributed by atoms with Gasteiger partial charge in [-0.15, -0.1) is 15.3 Å². The van der Waals surface area contributed by atoms with Gasteiger partial charge in [0.25, 0.3) is 0 Å². The van der Waals surface area contributed by atoms with Crippen molar-refractivity contribution < 1.29 is 63.3 Å². The van der Waals surface area contributed by atoms with Crippen LogP contribution in [0.2, 0.25) is 0 Å². The van der Waals surface area contributed by atoms with Gasteiger partial charge >= 0.3 is 5.97 Å². The highest BCUT2D eigenvalue weighted by molar-refractivity contribution is 8.19. The molecule has 4 rings (SSSR count). The van der Waals surface area contributed by atoms with Crippen molar-refractivity contribution in [2.75, 3.05) is 38.8 Å². The molecule has 0 amide bonds. The summed E-state index contributed by atoms with van der Waals surface area (Å²) in [5.74, 6) is -1.69. The van der Waals surface area contributed by atoms with E-state index in [1.807, 2.05) is 0 Å². The summed E-state index contributed by atoms with van der Waals surface area (Å²) < 4.78 is 46.8. The Morgan fingerprint density at radius 2 is 1.35 bits per heavy atom. The molecule has 0 heterocycles. The van der Waals surface area contributed by atoms with Crippen molar-refractivity contribution in [3.05, 3.63) is 60.7 Å². The minimum Gasteiger partial charge on any atom is -0.505 e. The first-order valence-electron chi connectivity index (χ1n) is 14.1. The number of phenols is 1. The third kappa shape index (κ3) is 9.95. The van der Waals surface area contributed by atoms with Gasteiger partial charge in [-0.05, 0) is 47.9 Å². The zero-order valence-electron chi connectivity index (χ0n) is 25.4. The molecular weight excluding hydrogens is 670 g/mol. The van der Waals surface area contributed by atoms with Crippen molar-refractivity contribution in [3.63, 3.8) is 0 Å². The highest BCUT2D eigenvalue weighted by Gasteiger charge is 2.26. The molecule has 0 saturated heterocycles. The molecule has 2 unspecified atom stereocenters. The fourth-order valence-electron chi connectivity index (χ4n) is 4.04. The highest BCUT2D eigenvalue weighted by atomic mass is 32.3. The summed E-state index contributed by atoms with van der Waals surface area (Å²) >= 11 is 0. The average molecular weight is 704 g/mol. The van der Waals surface area contributed by atoms with Crippen molar-refractivity contribution >= 4 is 56.0 Å². The summed E-state index contributed by atoms with van der Waals surface area (Å²) in [6.07, 6.45) is -2.63. The van der Waals surface area contributed by atoms with Crippen LogP contribution in [0.5, 0.6) is 23.0 Å². The molecule has 0 aliphatic carbocycles. The summed E-state index contributed by atoms with van der Waals surface area (Å²) in [4.78, 5) is 10.2. The number of nitrogen functional groups attached to an aromatic ring is 1. The van der Waals surface area contributed by atoms with Crippen LogP contribution < -0.4 is 19.9 Å². The van der Waals surface area contributed by atoms with E-state index in [2.05, 4.69) is 20.5 Å². The number of benzene rings is 4. The van der Waals surface area contributed by atoms with Gasteiger partial charge in [-0.2, -0.15) is 5.11 Å². The van der Waals surface area contributed by atoms with Gasteiger partial charge in [0.05, 0.1) is 23.8 Å². The molecule has 0 bridgehead atoms. The van der Waals surface area contributed by atoms with Gasteiger partial charge in [0, 0.05) is 23.2 Å². The summed E-state index contributed by atoms with van der Waals surface area (Å²) in [7, 11) is -4.45. The van der Waals surface area contributed by atoms with Gasteiger partial charge in [-0.1, -0.05) is 6.07 Å². The second-order valence-electron chi connectivity index (χ2n) is 10.2. The summed E-state index contributed by atoms with van der Waals surface area (Å²) in [6, 6.07) is 14.0. The zero-order chi connectivity index (χ0) is 35.7. The van der Waals surface area contributed by atoms with E-state index in [4.69, 9.17) is 25.1 Å². The lowest BCUT2D eigenvalue weighted by molar-refractivity contribution is -0.139. The number of nitrogens with two attached hydrogens (primary N) is 1. The highest BCUT2D eigenvalue weighted by Crippen LogP contribution is 2.54. The fraction of sp³-hybridized carbons (Fsp3) is 0.233. The number of aliphatic hydroxyl groups excluding tert-OH is 4. The van der Waals surface area contributed by atoms with Crippen LogP contribution in [-0.2, 0) is 4.79 Å². The molecular formula is C30H33N5O13S. The number of azo groups is 2. The molecule has 2 atom stereocenters. The van der Waals surface area contributed by atoms with Crippen LogP contribution in [0.15, 0.2) is 86.0 Å². The monoisotopic (exact) mass is 703 g/mol. The van der Waals surface area contributed by atoms with Crippen LogP contribution >= 0.6 is 10.9 Å². The minimum absolute atomic E-state index is 0.0157. The Kier molecular flexibility index (Phi) is 12.2. The molecule has 11 N–H and O–H groups in total. The molecule has 19 heteroatoms. The lowest BCUT2D eigenvalue weighted by Gasteiger charge is -2.22. The maximum atomic E-state index is 11.0. The van der Waals surface area contributed by atoms with Crippen molar-refractivity contribution in [1.29, 1.82) is 0 Å². The molecule has 0 radical (unpaired) electrons. The molecule has 0 aliphatic heterocycles. The Bertz CT molecular complexity index is 1830. The maximum Gasteiger partial charge on any atom is 0.341 e. The van der Waals surface area contributed by atoms with Crippen molar-refractivity contribution in [1.82, 2.24) is 0 Å². The van der Waals surface area contributed by atoms with E-state index >= 15 is 0 Å². The SMILES string of the molecule is Nc1ccc2cc(S(O)(O)O)c(N=Nc3cc(OCC(O)CO)c(N=Nc4ccc(OCC(=O)O)cc4)cc3OCC(O)CO)c(O)c2c1. The Labute approximate surface area is 279 Å². The van der Waals surface area contributed by atoms with Crippen LogP contribution in [-0.4, -0.2) is 95.5 Å². The number of carbonyl (C=O) groups is 1. The quantitative estimate of drug-likeness (QED) is 0.0569. The number of phenolic OH excluding ortho intramolecular Hbond substituents is 1. The second-order valence-corrected chi connectivity index (χ2v) is 11.7. The third-order valence-corrected chi connectivity index (χ3v) is 7.33. The predicted octanol–water partition coefficient (Wildman–Crippen LogP) is 4.47.